The van der Waals surface area contributed by atoms with Crippen LogP contribution < -0.4 is 19.5 Å². The second-order valence-electron chi connectivity index (χ2n) is 5.75. The molecule has 7 heteroatoms. The minimum absolute atomic E-state index is 0.380. The molecule has 0 unspecified atom stereocenters. The van der Waals surface area contributed by atoms with E-state index in [4.69, 9.17) is 18.7 Å². The highest BCUT2D eigenvalue weighted by Crippen LogP contribution is 2.31. The number of nitrogens with zero attached hydrogens (tertiary/aromatic N) is 2. The highest BCUT2D eigenvalue weighted by Gasteiger charge is 2.12. The first-order chi connectivity index (χ1) is 13.2. The van der Waals surface area contributed by atoms with E-state index in [0.29, 0.717) is 36.5 Å². The lowest BCUT2D eigenvalue weighted by Crippen LogP contribution is -2.05. The van der Waals surface area contributed by atoms with Crippen molar-refractivity contribution in [3.8, 4) is 28.6 Å². The molecule has 0 aliphatic carbocycles. The standard InChI is InChI=1S/C20H23N3O4/c1-4-26-16-8-5-14(6-9-16)11-12-21-20-22-19(23-27-20)15-7-10-17(24-2)18(13-15)25-3/h5-10,13H,4,11-12H2,1-3H3,(H,21,22,23). The number of benzene rings is 2. The molecule has 3 rings (SSSR count). The zero-order chi connectivity index (χ0) is 19.1. The molecule has 142 valence electrons. The molecule has 0 aliphatic rings. The SMILES string of the molecule is CCOc1ccc(CCNc2nc(-c3ccc(OC)c(OC)c3)no2)cc1. The predicted molar refractivity (Wildman–Crippen MR) is 103 cm³/mol. The molecular weight excluding hydrogens is 346 g/mol. The smallest absolute Gasteiger partial charge is 0.321 e. The zero-order valence-electron chi connectivity index (χ0n) is 15.7. The highest BCUT2D eigenvalue weighted by atomic mass is 16.5. The molecule has 1 heterocycles. The summed E-state index contributed by atoms with van der Waals surface area (Å²) in [5, 5.41) is 7.16. The van der Waals surface area contributed by atoms with Crippen molar-refractivity contribution in [2.75, 3.05) is 32.7 Å². The van der Waals surface area contributed by atoms with E-state index in [1.54, 1.807) is 14.2 Å². The third kappa shape index (κ3) is 4.69. The number of aromatic nitrogens is 2. The van der Waals surface area contributed by atoms with Crippen molar-refractivity contribution in [3.05, 3.63) is 48.0 Å². The van der Waals surface area contributed by atoms with Gasteiger partial charge in [-0.1, -0.05) is 17.3 Å². The number of ether oxygens (including phenoxy) is 3. The number of methoxy groups -OCH3 is 2. The monoisotopic (exact) mass is 369 g/mol. The molecule has 0 atom stereocenters. The summed E-state index contributed by atoms with van der Waals surface area (Å²) in [6.07, 6.45) is 0.834. The Bertz CT molecular complexity index is 862. The van der Waals surface area contributed by atoms with Crippen LogP contribution in [0.3, 0.4) is 0 Å². The molecule has 0 bridgehead atoms. The maximum Gasteiger partial charge on any atom is 0.321 e. The molecule has 0 spiro atoms. The molecule has 0 aliphatic heterocycles. The summed E-state index contributed by atoms with van der Waals surface area (Å²) in [4.78, 5) is 4.38. The number of hydrogen-bond donors (Lipinski definition) is 1. The Morgan fingerprint density at radius 2 is 1.78 bits per heavy atom. The molecule has 0 saturated heterocycles. The van der Waals surface area contributed by atoms with E-state index < -0.39 is 0 Å². The van der Waals surface area contributed by atoms with E-state index in [1.807, 2.05) is 37.3 Å². The first kappa shape index (κ1) is 18.6. The molecule has 0 fully saturated rings. The van der Waals surface area contributed by atoms with Gasteiger partial charge in [-0.05, 0) is 49.2 Å². The second kappa shape index (κ2) is 8.93. The molecular formula is C20H23N3O4. The van der Waals surface area contributed by atoms with Crippen LogP contribution in [0, 0.1) is 0 Å². The second-order valence-corrected chi connectivity index (χ2v) is 5.75. The lowest BCUT2D eigenvalue weighted by molar-refractivity contribution is 0.340. The van der Waals surface area contributed by atoms with E-state index in [1.165, 1.54) is 5.56 Å². The first-order valence-electron chi connectivity index (χ1n) is 8.75. The molecule has 1 aromatic heterocycles. The van der Waals surface area contributed by atoms with Crippen LogP contribution in [0.5, 0.6) is 17.2 Å². The predicted octanol–water partition coefficient (Wildman–Crippen LogP) is 3.81. The van der Waals surface area contributed by atoms with E-state index in [0.717, 1.165) is 17.7 Å². The molecule has 7 nitrogen and oxygen atoms in total. The van der Waals surface area contributed by atoms with Gasteiger partial charge in [0.15, 0.2) is 11.5 Å². The van der Waals surface area contributed by atoms with Crippen LogP contribution >= 0.6 is 0 Å². The Labute approximate surface area is 158 Å². The van der Waals surface area contributed by atoms with Crippen molar-refractivity contribution in [2.45, 2.75) is 13.3 Å². The fraction of sp³-hybridized carbons (Fsp3) is 0.300. The minimum atomic E-state index is 0.380. The van der Waals surface area contributed by atoms with E-state index >= 15 is 0 Å². The maximum atomic E-state index is 5.44. The van der Waals surface area contributed by atoms with Gasteiger partial charge >= 0.3 is 6.01 Å². The summed E-state index contributed by atoms with van der Waals surface area (Å²) in [5.41, 5.74) is 1.99. The Hall–Kier alpha value is -3.22. The first-order valence-corrected chi connectivity index (χ1v) is 8.75. The van der Waals surface area contributed by atoms with E-state index in [9.17, 15) is 0 Å². The molecule has 3 aromatic rings. The molecule has 27 heavy (non-hydrogen) atoms. The lowest BCUT2D eigenvalue weighted by atomic mass is 10.1. The molecule has 0 radical (unpaired) electrons. The van der Waals surface area contributed by atoms with Crippen LogP contribution in [0.15, 0.2) is 47.0 Å². The summed E-state index contributed by atoms with van der Waals surface area (Å²) in [6, 6.07) is 13.9. The average Bonchev–Trinajstić information content (AvgIpc) is 3.18. The fourth-order valence-electron chi connectivity index (χ4n) is 2.62. The van der Waals surface area contributed by atoms with Crippen LogP contribution in [0.4, 0.5) is 6.01 Å². The Kier molecular flexibility index (Phi) is 6.14. The zero-order valence-corrected chi connectivity index (χ0v) is 15.7. The van der Waals surface area contributed by atoms with Crippen molar-refractivity contribution < 1.29 is 18.7 Å². The van der Waals surface area contributed by atoms with Crippen LogP contribution in [-0.4, -0.2) is 37.5 Å². The Balaban J connectivity index is 1.58. The van der Waals surface area contributed by atoms with Crippen molar-refractivity contribution in [1.29, 1.82) is 0 Å². The van der Waals surface area contributed by atoms with Gasteiger partial charge in [0.2, 0.25) is 5.82 Å². The van der Waals surface area contributed by atoms with Gasteiger partial charge in [0.1, 0.15) is 5.75 Å². The van der Waals surface area contributed by atoms with Crippen molar-refractivity contribution >= 4 is 6.01 Å². The van der Waals surface area contributed by atoms with Gasteiger partial charge in [-0.2, -0.15) is 4.98 Å². The third-order valence-corrected chi connectivity index (χ3v) is 3.99. The quantitative estimate of drug-likeness (QED) is 0.614. The number of hydrogen-bond acceptors (Lipinski definition) is 7. The van der Waals surface area contributed by atoms with Crippen molar-refractivity contribution in [2.24, 2.45) is 0 Å². The van der Waals surface area contributed by atoms with Crippen molar-refractivity contribution in [3.63, 3.8) is 0 Å². The van der Waals surface area contributed by atoms with Gasteiger partial charge in [0.05, 0.1) is 20.8 Å². The third-order valence-electron chi connectivity index (χ3n) is 3.99. The van der Waals surface area contributed by atoms with Gasteiger partial charge < -0.3 is 24.1 Å². The normalized spacial score (nSPS) is 10.5. The van der Waals surface area contributed by atoms with Gasteiger partial charge in [-0.15, -0.1) is 0 Å². The molecule has 0 amide bonds. The maximum absolute atomic E-state index is 5.44. The van der Waals surface area contributed by atoms with Crippen LogP contribution in [0.1, 0.15) is 12.5 Å². The molecule has 2 aromatic carbocycles. The average molecular weight is 369 g/mol. The van der Waals surface area contributed by atoms with Gasteiger partial charge in [0, 0.05) is 12.1 Å². The summed E-state index contributed by atoms with van der Waals surface area (Å²) in [5.74, 6) is 2.63. The number of rotatable bonds is 9. The van der Waals surface area contributed by atoms with Gasteiger partial charge in [-0.3, -0.25) is 0 Å². The molecule has 1 N–H and O–H groups in total. The van der Waals surface area contributed by atoms with E-state index in [-0.39, 0.29) is 0 Å². The topological polar surface area (TPSA) is 78.6 Å². The van der Waals surface area contributed by atoms with Crippen LogP contribution in [-0.2, 0) is 6.42 Å². The van der Waals surface area contributed by atoms with Crippen LogP contribution in [0.2, 0.25) is 0 Å². The molecule has 0 saturated carbocycles. The van der Waals surface area contributed by atoms with Gasteiger partial charge in [-0.25, -0.2) is 0 Å². The summed E-state index contributed by atoms with van der Waals surface area (Å²) in [7, 11) is 3.18. The fourth-order valence-corrected chi connectivity index (χ4v) is 2.62. The largest absolute Gasteiger partial charge is 0.494 e. The van der Waals surface area contributed by atoms with Gasteiger partial charge in [0.25, 0.3) is 0 Å². The van der Waals surface area contributed by atoms with Crippen LogP contribution in [0.25, 0.3) is 11.4 Å². The lowest BCUT2D eigenvalue weighted by Gasteiger charge is -2.07. The Morgan fingerprint density at radius 3 is 2.48 bits per heavy atom. The number of anilines is 1. The summed E-state index contributed by atoms with van der Waals surface area (Å²) >= 11 is 0. The highest BCUT2D eigenvalue weighted by molar-refractivity contribution is 5.61. The Morgan fingerprint density at radius 1 is 1.00 bits per heavy atom. The van der Waals surface area contributed by atoms with Crippen molar-refractivity contribution in [1.82, 2.24) is 10.1 Å². The van der Waals surface area contributed by atoms with E-state index in [2.05, 4.69) is 27.6 Å². The minimum Gasteiger partial charge on any atom is -0.494 e. The summed E-state index contributed by atoms with van der Waals surface area (Å²) in [6.45, 7) is 3.32. The summed E-state index contributed by atoms with van der Waals surface area (Å²) < 4.78 is 21.3. The number of nitrogens with one attached hydrogen (secondary N) is 1.